The van der Waals surface area contributed by atoms with Crippen LogP contribution in [0.15, 0.2) is 41.3 Å². The normalized spacial score (nSPS) is 18.7. The first kappa shape index (κ1) is 27.2. The number of rotatable bonds is 4. The highest BCUT2D eigenvalue weighted by atomic mass is 35.5. The molecular weight excluding hydrogens is 563 g/mol. The maximum atomic E-state index is 13.5. The van der Waals surface area contributed by atoms with Crippen molar-refractivity contribution in [2.24, 2.45) is 5.92 Å². The van der Waals surface area contributed by atoms with Crippen LogP contribution in [-0.2, 0) is 22.6 Å². The molecule has 0 aliphatic carbocycles. The molecule has 6 rings (SSSR count). The number of fused-ring (bicyclic) bond motifs is 4. The Labute approximate surface area is 236 Å². The Morgan fingerprint density at radius 3 is 2.56 bits per heavy atom. The maximum Gasteiger partial charge on any atom is 0.406 e. The number of alkyl halides is 3. The minimum absolute atomic E-state index is 0.0803. The lowest BCUT2D eigenvalue weighted by Crippen LogP contribution is -2.44. The number of benzene rings is 2. The van der Waals surface area contributed by atoms with E-state index in [1.165, 1.54) is 6.20 Å². The van der Waals surface area contributed by atoms with E-state index in [0.29, 0.717) is 64.0 Å². The summed E-state index contributed by atoms with van der Waals surface area (Å²) in [6.07, 6.45) is -2.29. The molecular formula is C27H27ClF3N7O3. The Balaban J connectivity index is 1.22. The van der Waals surface area contributed by atoms with Crippen LogP contribution in [0.5, 0.6) is 0 Å². The molecule has 2 aliphatic rings. The number of likely N-dealkylation sites (tertiary alicyclic amines) is 1. The lowest BCUT2D eigenvalue weighted by Gasteiger charge is -2.33. The van der Waals surface area contributed by atoms with E-state index < -0.39 is 24.5 Å². The molecule has 2 aromatic heterocycles. The molecule has 41 heavy (non-hydrogen) atoms. The second kappa shape index (κ2) is 10.1. The predicted octanol–water partition coefficient (Wildman–Crippen LogP) is 3.36. The first-order valence-electron chi connectivity index (χ1n) is 13.3. The van der Waals surface area contributed by atoms with E-state index in [2.05, 4.69) is 10.2 Å². The van der Waals surface area contributed by atoms with E-state index >= 15 is 0 Å². The van der Waals surface area contributed by atoms with Crippen LogP contribution in [0.2, 0.25) is 5.02 Å². The highest BCUT2D eigenvalue weighted by Gasteiger charge is 2.39. The van der Waals surface area contributed by atoms with Crippen LogP contribution >= 0.6 is 11.6 Å². The third-order valence-corrected chi connectivity index (χ3v) is 8.45. The summed E-state index contributed by atoms with van der Waals surface area (Å²) in [6.45, 7) is -1.01. The van der Waals surface area contributed by atoms with Crippen molar-refractivity contribution in [1.29, 1.82) is 0 Å². The van der Waals surface area contributed by atoms with Crippen LogP contribution in [0.1, 0.15) is 36.4 Å². The van der Waals surface area contributed by atoms with Crippen molar-refractivity contribution in [3.8, 4) is 0 Å². The number of amides is 2. The van der Waals surface area contributed by atoms with Gasteiger partial charge in [-0.15, -0.1) is 0 Å². The van der Waals surface area contributed by atoms with Crippen molar-refractivity contribution in [1.82, 2.24) is 29.2 Å². The Bertz CT molecular complexity index is 1720. The van der Waals surface area contributed by atoms with Gasteiger partial charge < -0.3 is 15.6 Å². The van der Waals surface area contributed by atoms with Crippen LogP contribution in [-0.4, -0.2) is 66.9 Å². The summed E-state index contributed by atoms with van der Waals surface area (Å²) >= 11 is 6.40. The molecule has 3 N–H and O–H groups in total. The fraction of sp³-hybridized carbons (Fsp3) is 0.407. The topological polar surface area (TPSA) is 122 Å². The van der Waals surface area contributed by atoms with Crippen molar-refractivity contribution < 1.29 is 22.8 Å². The van der Waals surface area contributed by atoms with Gasteiger partial charge in [-0.2, -0.15) is 18.3 Å². The maximum absolute atomic E-state index is 13.5. The van der Waals surface area contributed by atoms with Crippen molar-refractivity contribution in [3.05, 3.63) is 63.2 Å². The second-order valence-electron chi connectivity index (χ2n) is 10.7. The van der Waals surface area contributed by atoms with E-state index in [9.17, 15) is 27.6 Å². The fourth-order valence-electron chi connectivity index (χ4n) is 6.20. The Kier molecular flexibility index (Phi) is 6.71. The molecule has 14 heteroatoms. The van der Waals surface area contributed by atoms with Crippen molar-refractivity contribution in [2.45, 2.75) is 44.4 Å². The Morgan fingerprint density at radius 2 is 1.85 bits per heavy atom. The van der Waals surface area contributed by atoms with Gasteiger partial charge in [-0.1, -0.05) is 23.7 Å². The molecule has 0 saturated carbocycles. The first-order chi connectivity index (χ1) is 19.5. The lowest BCUT2D eigenvalue weighted by molar-refractivity contribution is -0.165. The number of H-pyrrole nitrogens is 1. The van der Waals surface area contributed by atoms with E-state index in [1.807, 2.05) is 12.1 Å². The summed E-state index contributed by atoms with van der Waals surface area (Å²) in [5.41, 5.74) is 2.63. The summed E-state index contributed by atoms with van der Waals surface area (Å²) in [6, 6.07) is 8.67. The molecule has 4 heterocycles. The van der Waals surface area contributed by atoms with Gasteiger partial charge in [-0.25, -0.2) is 9.47 Å². The molecule has 4 aromatic rings. The van der Waals surface area contributed by atoms with Gasteiger partial charge in [0.25, 0.3) is 0 Å². The number of imidazole rings is 1. The number of carbonyl (C=O) groups is 2. The van der Waals surface area contributed by atoms with Gasteiger partial charge in [-0.3, -0.25) is 19.3 Å². The van der Waals surface area contributed by atoms with Gasteiger partial charge in [-0.05, 0) is 48.6 Å². The molecule has 2 aromatic carbocycles. The molecule has 216 valence electrons. The van der Waals surface area contributed by atoms with E-state index in [1.54, 1.807) is 27.7 Å². The van der Waals surface area contributed by atoms with Crippen LogP contribution in [0.25, 0.3) is 21.9 Å². The number of halogens is 4. The van der Waals surface area contributed by atoms with Gasteiger partial charge in [0.1, 0.15) is 6.54 Å². The number of carbonyl (C=O) groups excluding carboxylic acids is 2. The molecule has 10 nitrogen and oxygen atoms in total. The Hall–Kier alpha value is -4.00. The number of nitrogens with two attached hydrogens (primary N) is 1. The first-order valence-corrected chi connectivity index (χ1v) is 13.6. The summed E-state index contributed by atoms with van der Waals surface area (Å²) in [5.74, 6) is 3.94. The third-order valence-electron chi connectivity index (χ3n) is 8.15. The van der Waals surface area contributed by atoms with Crippen LogP contribution in [0.3, 0.4) is 0 Å². The lowest BCUT2D eigenvalue weighted by atomic mass is 9.92. The number of nitrogen functional groups attached to an aromatic ring is 1. The quantitative estimate of drug-likeness (QED) is 0.354. The molecule has 0 unspecified atom stereocenters. The molecule has 2 aliphatic heterocycles. The highest BCUT2D eigenvalue weighted by Crippen LogP contribution is 2.35. The minimum Gasteiger partial charge on any atom is -0.343 e. The van der Waals surface area contributed by atoms with Gasteiger partial charge >= 0.3 is 11.9 Å². The molecule has 0 spiro atoms. The number of aromatic nitrogens is 4. The number of nitrogens with zero attached hydrogens (tertiary/aromatic N) is 5. The second-order valence-corrected chi connectivity index (χ2v) is 11.1. The van der Waals surface area contributed by atoms with E-state index in [4.69, 9.17) is 17.4 Å². The van der Waals surface area contributed by atoms with Gasteiger partial charge in [0, 0.05) is 37.5 Å². The summed E-state index contributed by atoms with van der Waals surface area (Å²) in [4.78, 5) is 42.0. The van der Waals surface area contributed by atoms with E-state index in [-0.39, 0.29) is 37.0 Å². The zero-order chi connectivity index (χ0) is 29.1. The highest BCUT2D eigenvalue weighted by molar-refractivity contribution is 6.35. The van der Waals surface area contributed by atoms with Gasteiger partial charge in [0.15, 0.2) is 0 Å². The zero-order valence-electron chi connectivity index (χ0n) is 21.8. The van der Waals surface area contributed by atoms with E-state index in [0.717, 1.165) is 9.58 Å². The smallest absolute Gasteiger partial charge is 0.343 e. The van der Waals surface area contributed by atoms with Crippen molar-refractivity contribution in [2.75, 3.05) is 25.5 Å². The predicted molar refractivity (Wildman–Crippen MR) is 146 cm³/mol. The van der Waals surface area contributed by atoms with Gasteiger partial charge in [0.2, 0.25) is 11.8 Å². The van der Waals surface area contributed by atoms with Crippen molar-refractivity contribution >= 4 is 45.4 Å². The molecule has 1 atom stereocenters. The molecule has 1 saturated heterocycles. The fourth-order valence-corrected chi connectivity index (χ4v) is 6.48. The SMILES string of the molecule is Nn1c(=O)n(C2CCN(C(=O)C[C@@H]3Cc4cc(Cl)c5[nH]ncc5c4CN(CC(F)(F)F)C3=O)CC2)c2ccccc21. The number of piperidine rings is 1. The number of nitrogens with one attached hydrogen (secondary N) is 1. The van der Waals surface area contributed by atoms with Crippen LogP contribution < -0.4 is 11.5 Å². The van der Waals surface area contributed by atoms with Crippen molar-refractivity contribution in [3.63, 3.8) is 0 Å². The number of para-hydroxylation sites is 2. The standard InChI is InChI=1S/C27H27ClF3N7O3/c28-20-10-15-9-16(25(40)36(14-27(29,30)31)13-19(15)18-12-33-34-24(18)20)11-23(39)35-7-5-17(6-8-35)37-21-3-1-2-4-22(21)38(32)26(37)41/h1-4,10,12,16-17H,5-9,11,13-14,32H2,(H,33,34)/t16-/m0/s1. The van der Waals surface area contributed by atoms with Crippen LogP contribution in [0, 0.1) is 5.92 Å². The number of hydrogen-bond acceptors (Lipinski definition) is 5. The largest absolute Gasteiger partial charge is 0.406 e. The summed E-state index contributed by atoms with van der Waals surface area (Å²) in [5, 5.41) is 7.62. The molecule has 2 amide bonds. The number of aromatic amines is 1. The zero-order valence-corrected chi connectivity index (χ0v) is 22.6. The number of hydrogen-bond donors (Lipinski definition) is 2. The Morgan fingerprint density at radius 1 is 1.15 bits per heavy atom. The molecule has 0 bridgehead atoms. The average Bonchev–Trinajstić information content (AvgIpc) is 3.49. The minimum atomic E-state index is -4.61. The van der Waals surface area contributed by atoms with Gasteiger partial charge in [0.05, 0.1) is 33.7 Å². The summed E-state index contributed by atoms with van der Waals surface area (Å²) in [7, 11) is 0. The average molecular weight is 590 g/mol. The monoisotopic (exact) mass is 589 g/mol. The molecule has 0 radical (unpaired) electrons. The van der Waals surface area contributed by atoms with Crippen LogP contribution in [0.4, 0.5) is 13.2 Å². The third kappa shape index (κ3) is 4.92. The molecule has 1 fully saturated rings. The summed E-state index contributed by atoms with van der Waals surface area (Å²) < 4.78 is 43.2.